The van der Waals surface area contributed by atoms with Crippen LogP contribution in [0.25, 0.3) is 0 Å². The summed E-state index contributed by atoms with van der Waals surface area (Å²) in [7, 11) is 0. The number of para-hydroxylation sites is 1. The summed E-state index contributed by atoms with van der Waals surface area (Å²) < 4.78 is 5.83. The van der Waals surface area contributed by atoms with Crippen LogP contribution >= 0.6 is 0 Å². The van der Waals surface area contributed by atoms with Gasteiger partial charge in [-0.25, -0.2) is 0 Å². The molecule has 0 spiro atoms. The van der Waals surface area contributed by atoms with Crippen molar-refractivity contribution in [3.63, 3.8) is 0 Å². The average Bonchev–Trinajstić information content (AvgIpc) is 3.11. The first-order chi connectivity index (χ1) is 12.8. The zero-order chi connectivity index (χ0) is 17.8. The molecule has 0 saturated carbocycles. The highest BCUT2D eigenvalue weighted by Gasteiger charge is 2.24. The fourth-order valence-electron chi connectivity index (χ4n) is 4.29. The number of aryl methyl sites for hydroxylation is 2. The molecule has 4 heteroatoms. The van der Waals surface area contributed by atoms with E-state index in [4.69, 9.17) is 4.74 Å². The summed E-state index contributed by atoms with van der Waals surface area (Å²) in [5, 5.41) is 10.3. The molecule has 3 N–H and O–H groups in total. The number of phenols is 1. The highest BCUT2D eigenvalue weighted by atomic mass is 16.5. The van der Waals surface area contributed by atoms with E-state index >= 15 is 0 Å². The van der Waals surface area contributed by atoms with Crippen LogP contribution in [0.5, 0.6) is 11.5 Å². The molecule has 1 saturated heterocycles. The van der Waals surface area contributed by atoms with E-state index in [-0.39, 0.29) is 0 Å². The van der Waals surface area contributed by atoms with E-state index in [0.717, 1.165) is 50.5 Å². The predicted octanol–water partition coefficient (Wildman–Crippen LogP) is 0.243. The van der Waals surface area contributed by atoms with Crippen molar-refractivity contribution < 1.29 is 19.6 Å². The number of hydrogen-bond acceptors (Lipinski definition) is 2. The zero-order valence-corrected chi connectivity index (χ0v) is 15.5. The number of benzene rings is 2. The minimum absolute atomic E-state index is 0.504. The van der Waals surface area contributed by atoms with Crippen LogP contribution in [0.4, 0.5) is 0 Å². The molecule has 1 aliphatic heterocycles. The second kappa shape index (κ2) is 8.11. The first kappa shape index (κ1) is 17.4. The molecule has 2 aromatic carbocycles. The van der Waals surface area contributed by atoms with Crippen molar-refractivity contribution in [3.05, 3.63) is 59.2 Å². The maximum Gasteiger partial charge on any atom is 0.137 e. The van der Waals surface area contributed by atoms with Crippen molar-refractivity contribution in [3.8, 4) is 11.5 Å². The Labute approximate surface area is 156 Å². The van der Waals surface area contributed by atoms with Gasteiger partial charge in [0.1, 0.15) is 57.4 Å². The molecular formula is C22H30N2O2+2. The Morgan fingerprint density at radius 3 is 2.35 bits per heavy atom. The maximum absolute atomic E-state index is 10.3. The molecule has 1 heterocycles. The quantitative estimate of drug-likeness (QED) is 0.696. The van der Waals surface area contributed by atoms with Crippen LogP contribution in [0, 0.1) is 0 Å². The van der Waals surface area contributed by atoms with Gasteiger partial charge in [0.15, 0.2) is 0 Å². The summed E-state index contributed by atoms with van der Waals surface area (Å²) in [5.74, 6) is 1.47. The highest BCUT2D eigenvalue weighted by Crippen LogP contribution is 2.28. The molecule has 0 amide bonds. The topological polar surface area (TPSA) is 38.3 Å². The van der Waals surface area contributed by atoms with Crippen LogP contribution in [0.2, 0.25) is 0 Å². The normalized spacial score (nSPS) is 22.2. The largest absolute Gasteiger partial charge is 0.507 e. The standard InChI is InChI=1S/C22H28N2O2/c25-22-16-19-6-4-5-18(19)15-20(22)17-24-11-9-23(10-12-24)13-14-26-21-7-2-1-3-8-21/h1-3,7-8,15-16,25H,4-6,9-14,17H2/p+2. The maximum atomic E-state index is 10.3. The van der Waals surface area contributed by atoms with Gasteiger partial charge in [-0.15, -0.1) is 0 Å². The van der Waals surface area contributed by atoms with Gasteiger partial charge in [-0.3, -0.25) is 0 Å². The van der Waals surface area contributed by atoms with Gasteiger partial charge in [-0.2, -0.15) is 0 Å². The first-order valence-corrected chi connectivity index (χ1v) is 9.96. The van der Waals surface area contributed by atoms with E-state index in [1.54, 1.807) is 9.80 Å². The number of aromatic hydroxyl groups is 1. The fraction of sp³-hybridized carbons (Fsp3) is 0.455. The number of ether oxygens (including phenoxy) is 1. The Balaban J connectivity index is 1.23. The second-order valence-corrected chi connectivity index (χ2v) is 7.69. The molecule has 0 radical (unpaired) electrons. The first-order valence-electron chi connectivity index (χ1n) is 9.96. The van der Waals surface area contributed by atoms with Gasteiger partial charge in [-0.05, 0) is 54.7 Å². The van der Waals surface area contributed by atoms with Crippen LogP contribution in [0.3, 0.4) is 0 Å². The number of phenolic OH excluding ortho intramolecular Hbond substituents is 1. The Kier molecular flexibility index (Phi) is 5.42. The van der Waals surface area contributed by atoms with Crippen molar-refractivity contribution in [1.82, 2.24) is 0 Å². The van der Waals surface area contributed by atoms with Gasteiger partial charge in [0.05, 0.1) is 0 Å². The van der Waals surface area contributed by atoms with Crippen molar-refractivity contribution in [1.29, 1.82) is 0 Å². The van der Waals surface area contributed by atoms with Crippen molar-refractivity contribution in [2.75, 3.05) is 39.3 Å². The molecule has 4 rings (SSSR count). The lowest BCUT2D eigenvalue weighted by atomic mass is 10.0. The summed E-state index contributed by atoms with van der Waals surface area (Å²) in [6.45, 7) is 7.48. The van der Waals surface area contributed by atoms with Gasteiger partial charge in [0.2, 0.25) is 0 Å². The van der Waals surface area contributed by atoms with E-state index in [2.05, 4.69) is 6.07 Å². The lowest BCUT2D eigenvalue weighted by molar-refractivity contribution is -1.02. The third-order valence-corrected chi connectivity index (χ3v) is 5.87. The van der Waals surface area contributed by atoms with Crippen LogP contribution in [-0.2, 0) is 19.4 Å². The van der Waals surface area contributed by atoms with E-state index in [9.17, 15) is 5.11 Å². The molecule has 0 atom stereocenters. The Bertz CT molecular complexity index is 724. The third kappa shape index (κ3) is 4.19. The van der Waals surface area contributed by atoms with Gasteiger partial charge < -0.3 is 19.6 Å². The van der Waals surface area contributed by atoms with Crippen LogP contribution < -0.4 is 14.5 Å². The lowest BCUT2D eigenvalue weighted by Crippen LogP contribution is -3.27. The van der Waals surface area contributed by atoms with Crippen molar-refractivity contribution in [2.45, 2.75) is 25.8 Å². The molecule has 2 aromatic rings. The molecule has 1 fully saturated rings. The molecule has 0 bridgehead atoms. The highest BCUT2D eigenvalue weighted by molar-refractivity contribution is 5.43. The van der Waals surface area contributed by atoms with E-state index < -0.39 is 0 Å². The summed E-state index contributed by atoms with van der Waals surface area (Å²) in [4.78, 5) is 3.22. The summed E-state index contributed by atoms with van der Waals surface area (Å²) in [6.07, 6.45) is 3.54. The molecule has 1 aliphatic carbocycles. The van der Waals surface area contributed by atoms with E-state index in [1.165, 1.54) is 37.1 Å². The minimum Gasteiger partial charge on any atom is -0.507 e. The minimum atomic E-state index is 0.504. The summed E-state index contributed by atoms with van der Waals surface area (Å²) in [6, 6.07) is 14.3. The molecule has 26 heavy (non-hydrogen) atoms. The lowest BCUT2D eigenvalue weighted by Gasteiger charge is -2.30. The molecule has 4 nitrogen and oxygen atoms in total. The number of nitrogens with one attached hydrogen (secondary N) is 2. The van der Waals surface area contributed by atoms with Gasteiger partial charge in [0.25, 0.3) is 0 Å². The van der Waals surface area contributed by atoms with E-state index in [0.29, 0.717) is 5.75 Å². The van der Waals surface area contributed by atoms with Crippen LogP contribution in [-0.4, -0.2) is 44.4 Å². The summed E-state index contributed by atoms with van der Waals surface area (Å²) >= 11 is 0. The SMILES string of the molecule is Oc1cc2c(cc1C[NH+]1CC[NH+](CCOc3ccccc3)CC1)CCC2. The third-order valence-electron chi connectivity index (χ3n) is 5.87. The van der Waals surface area contributed by atoms with E-state index in [1.807, 2.05) is 36.4 Å². The van der Waals surface area contributed by atoms with Gasteiger partial charge in [-0.1, -0.05) is 18.2 Å². The van der Waals surface area contributed by atoms with Gasteiger partial charge in [0, 0.05) is 5.56 Å². The molecule has 138 valence electrons. The molecule has 0 aromatic heterocycles. The number of quaternary nitrogens is 2. The fourth-order valence-corrected chi connectivity index (χ4v) is 4.29. The average molecular weight is 354 g/mol. The van der Waals surface area contributed by atoms with Crippen LogP contribution in [0.15, 0.2) is 42.5 Å². The predicted molar refractivity (Wildman–Crippen MR) is 102 cm³/mol. The number of hydrogen-bond donors (Lipinski definition) is 3. The zero-order valence-electron chi connectivity index (χ0n) is 15.5. The second-order valence-electron chi connectivity index (χ2n) is 7.69. The van der Waals surface area contributed by atoms with Gasteiger partial charge >= 0.3 is 0 Å². The Hall–Kier alpha value is -2.04. The molecule has 2 aliphatic rings. The summed E-state index contributed by atoms with van der Waals surface area (Å²) in [5.41, 5.74) is 3.95. The smallest absolute Gasteiger partial charge is 0.137 e. The van der Waals surface area contributed by atoms with Crippen LogP contribution in [0.1, 0.15) is 23.1 Å². The molecular weight excluding hydrogens is 324 g/mol. The van der Waals surface area contributed by atoms with Crippen molar-refractivity contribution in [2.24, 2.45) is 0 Å². The van der Waals surface area contributed by atoms with Crippen molar-refractivity contribution >= 4 is 0 Å². The Morgan fingerprint density at radius 1 is 0.885 bits per heavy atom. The Morgan fingerprint density at radius 2 is 1.58 bits per heavy atom. The number of rotatable bonds is 6. The number of fused-ring (bicyclic) bond motifs is 1. The molecule has 0 unspecified atom stereocenters. The monoisotopic (exact) mass is 354 g/mol. The number of piperazine rings is 1.